The van der Waals surface area contributed by atoms with E-state index in [1.807, 2.05) is 6.07 Å². The molecule has 3 aliphatic rings. The number of fused-ring (bicyclic) bond motifs is 5. The molecule has 0 spiro atoms. The van der Waals surface area contributed by atoms with Crippen LogP contribution in [-0.4, -0.2) is 33.7 Å². The van der Waals surface area contributed by atoms with Gasteiger partial charge in [-0.1, -0.05) is 51.8 Å². The van der Waals surface area contributed by atoms with Crippen molar-refractivity contribution in [1.29, 1.82) is 0 Å². The van der Waals surface area contributed by atoms with Gasteiger partial charge in [-0.25, -0.2) is 4.68 Å². The molecule has 2 aliphatic carbocycles. The summed E-state index contributed by atoms with van der Waals surface area (Å²) in [5.74, 6) is 0.579. The average molecular weight is 378 g/mol. The minimum absolute atomic E-state index is 0.0627. The first-order chi connectivity index (χ1) is 13.4. The van der Waals surface area contributed by atoms with E-state index < -0.39 is 0 Å². The fraction of sp³-hybridized carbons (Fsp3) is 0.583. The van der Waals surface area contributed by atoms with Crippen molar-refractivity contribution in [2.75, 3.05) is 13.1 Å². The zero-order chi connectivity index (χ0) is 19.5. The molecule has 4 heteroatoms. The van der Waals surface area contributed by atoms with Gasteiger partial charge < -0.3 is 4.90 Å². The maximum atomic E-state index is 13.6. The Morgan fingerprint density at radius 2 is 1.71 bits per heavy atom. The number of carbonyl (C=O) groups excluding carboxylic acids is 1. The van der Waals surface area contributed by atoms with E-state index in [0.29, 0.717) is 5.92 Å². The quantitative estimate of drug-likeness (QED) is 0.733. The molecule has 2 atom stereocenters. The van der Waals surface area contributed by atoms with Gasteiger partial charge in [-0.3, -0.25) is 4.79 Å². The largest absolute Gasteiger partial charge is 0.337 e. The Bertz CT molecular complexity index is 905. The molecule has 1 aliphatic heterocycles. The number of para-hydroxylation sites is 1. The first-order valence-corrected chi connectivity index (χ1v) is 10.9. The van der Waals surface area contributed by atoms with E-state index in [1.54, 1.807) is 0 Å². The highest BCUT2D eigenvalue weighted by Gasteiger charge is 2.63. The van der Waals surface area contributed by atoms with Crippen molar-refractivity contribution < 1.29 is 4.79 Å². The number of rotatable bonds is 2. The second-order valence-electron chi connectivity index (χ2n) is 9.71. The second kappa shape index (κ2) is 6.20. The van der Waals surface area contributed by atoms with Crippen LogP contribution in [0.25, 0.3) is 5.69 Å². The van der Waals surface area contributed by atoms with Crippen LogP contribution >= 0.6 is 0 Å². The van der Waals surface area contributed by atoms with Crippen LogP contribution in [0.3, 0.4) is 0 Å². The first-order valence-electron chi connectivity index (χ1n) is 10.9. The normalized spacial score (nSPS) is 28.2. The van der Waals surface area contributed by atoms with Crippen molar-refractivity contribution in [3.63, 3.8) is 0 Å². The Morgan fingerprint density at radius 1 is 1.04 bits per heavy atom. The van der Waals surface area contributed by atoms with Gasteiger partial charge in [0.25, 0.3) is 5.91 Å². The number of hydrogen-bond acceptors (Lipinski definition) is 2. The van der Waals surface area contributed by atoms with E-state index in [1.165, 1.54) is 30.5 Å². The van der Waals surface area contributed by atoms with Gasteiger partial charge >= 0.3 is 0 Å². The van der Waals surface area contributed by atoms with Crippen molar-refractivity contribution in [1.82, 2.24) is 14.7 Å². The fourth-order valence-electron chi connectivity index (χ4n) is 6.06. The van der Waals surface area contributed by atoms with E-state index in [2.05, 4.69) is 54.6 Å². The lowest BCUT2D eigenvalue weighted by Crippen LogP contribution is -2.34. The minimum atomic E-state index is 0.0627. The predicted molar refractivity (Wildman–Crippen MR) is 111 cm³/mol. The van der Waals surface area contributed by atoms with Gasteiger partial charge in [0.05, 0.1) is 11.4 Å². The van der Waals surface area contributed by atoms with Gasteiger partial charge in [0, 0.05) is 24.1 Å². The van der Waals surface area contributed by atoms with Crippen molar-refractivity contribution >= 4 is 5.91 Å². The third kappa shape index (κ3) is 2.29. The van der Waals surface area contributed by atoms with Gasteiger partial charge in [-0.15, -0.1) is 0 Å². The summed E-state index contributed by atoms with van der Waals surface area (Å²) >= 11 is 0. The van der Waals surface area contributed by atoms with E-state index in [-0.39, 0.29) is 16.7 Å². The number of likely N-dealkylation sites (tertiary alicyclic amines) is 1. The second-order valence-corrected chi connectivity index (χ2v) is 9.71. The Kier molecular flexibility index (Phi) is 3.98. The summed E-state index contributed by atoms with van der Waals surface area (Å²) in [6.07, 6.45) is 7.02. The van der Waals surface area contributed by atoms with Crippen LogP contribution in [0.1, 0.15) is 87.0 Å². The van der Waals surface area contributed by atoms with Crippen LogP contribution in [0, 0.1) is 5.41 Å². The summed E-state index contributed by atoms with van der Waals surface area (Å²) in [7, 11) is 0. The van der Waals surface area contributed by atoms with Crippen LogP contribution in [0.15, 0.2) is 30.3 Å². The molecular weight excluding hydrogens is 346 g/mol. The molecule has 0 unspecified atom stereocenters. The Balaban J connectivity index is 1.67. The number of hydrogen-bond donors (Lipinski definition) is 0. The first kappa shape index (κ1) is 18.0. The molecule has 2 aromatic rings. The lowest BCUT2D eigenvalue weighted by Gasteiger charge is -2.35. The highest BCUT2D eigenvalue weighted by Crippen LogP contribution is 2.68. The molecule has 1 amide bonds. The molecule has 1 saturated heterocycles. The van der Waals surface area contributed by atoms with Crippen LogP contribution in [0.4, 0.5) is 0 Å². The predicted octanol–water partition coefficient (Wildman–Crippen LogP) is 5.06. The molecule has 0 radical (unpaired) electrons. The molecular formula is C24H31N3O. The summed E-state index contributed by atoms with van der Waals surface area (Å²) < 4.78 is 2.10. The SMILES string of the molecule is CC1(C)[C@@H]2CC[C@]1(C)c1c2c(C(=O)N2CCCCCC2)nn1-c1ccccc1. The average Bonchev–Trinajstić information content (AvgIpc) is 3.11. The number of benzene rings is 1. The van der Waals surface area contributed by atoms with Gasteiger partial charge in [0.1, 0.15) is 0 Å². The maximum Gasteiger partial charge on any atom is 0.274 e. The van der Waals surface area contributed by atoms with E-state index >= 15 is 0 Å². The van der Waals surface area contributed by atoms with Gasteiger partial charge in [0.15, 0.2) is 5.69 Å². The lowest BCUT2D eigenvalue weighted by atomic mass is 9.70. The summed E-state index contributed by atoms with van der Waals surface area (Å²) in [6.45, 7) is 8.91. The minimum Gasteiger partial charge on any atom is -0.337 e. The maximum absolute atomic E-state index is 13.6. The Morgan fingerprint density at radius 3 is 2.39 bits per heavy atom. The molecule has 148 valence electrons. The molecule has 4 nitrogen and oxygen atoms in total. The third-order valence-corrected chi connectivity index (χ3v) is 8.12. The number of carbonyl (C=O) groups is 1. The zero-order valence-electron chi connectivity index (χ0n) is 17.4. The summed E-state index contributed by atoms with van der Waals surface area (Å²) in [5.41, 5.74) is 4.55. The standard InChI is InChI=1S/C24H31N3O/c1-23(2)18-13-14-24(23,3)21-19(18)20(22(28)26-15-9-4-5-10-16-26)25-27(21)17-11-7-6-8-12-17/h6-8,11-12,18H,4-5,9-10,13-16H2,1-3H3/t18-,24-/m1/s1. The molecule has 2 bridgehead atoms. The van der Waals surface area contributed by atoms with Crippen LogP contribution in [-0.2, 0) is 5.41 Å². The monoisotopic (exact) mass is 377 g/mol. The molecule has 28 heavy (non-hydrogen) atoms. The van der Waals surface area contributed by atoms with E-state index in [9.17, 15) is 4.79 Å². The van der Waals surface area contributed by atoms with E-state index in [0.717, 1.165) is 43.7 Å². The van der Waals surface area contributed by atoms with Crippen molar-refractivity contribution in [3.8, 4) is 5.69 Å². The molecule has 0 N–H and O–H groups in total. The van der Waals surface area contributed by atoms with Crippen LogP contribution in [0.5, 0.6) is 0 Å². The lowest BCUT2D eigenvalue weighted by molar-refractivity contribution is 0.0752. The van der Waals surface area contributed by atoms with Crippen molar-refractivity contribution in [2.45, 2.75) is 70.6 Å². The highest BCUT2D eigenvalue weighted by molar-refractivity contribution is 5.95. The fourth-order valence-corrected chi connectivity index (χ4v) is 6.06. The Hall–Kier alpha value is -2.10. The molecule has 2 fully saturated rings. The highest BCUT2D eigenvalue weighted by atomic mass is 16.2. The molecule has 5 rings (SSSR count). The molecule has 1 aromatic heterocycles. The van der Waals surface area contributed by atoms with Crippen molar-refractivity contribution in [2.24, 2.45) is 5.41 Å². The summed E-state index contributed by atoms with van der Waals surface area (Å²) in [5, 5.41) is 4.98. The molecule has 1 saturated carbocycles. The van der Waals surface area contributed by atoms with Gasteiger partial charge in [0.2, 0.25) is 0 Å². The summed E-state index contributed by atoms with van der Waals surface area (Å²) in [4.78, 5) is 15.7. The van der Waals surface area contributed by atoms with E-state index in [4.69, 9.17) is 5.10 Å². The van der Waals surface area contributed by atoms with Gasteiger partial charge in [-0.05, 0) is 49.1 Å². The molecule has 2 heterocycles. The van der Waals surface area contributed by atoms with Crippen molar-refractivity contribution in [3.05, 3.63) is 47.3 Å². The zero-order valence-corrected chi connectivity index (χ0v) is 17.4. The number of aromatic nitrogens is 2. The Labute approximate surface area is 167 Å². The summed E-state index contributed by atoms with van der Waals surface area (Å²) in [6, 6.07) is 10.4. The van der Waals surface area contributed by atoms with Gasteiger partial charge in [-0.2, -0.15) is 5.10 Å². The van der Waals surface area contributed by atoms with Crippen LogP contribution in [0.2, 0.25) is 0 Å². The smallest absolute Gasteiger partial charge is 0.274 e. The third-order valence-electron chi connectivity index (χ3n) is 8.12. The topological polar surface area (TPSA) is 38.1 Å². The number of nitrogens with zero attached hydrogens (tertiary/aromatic N) is 3. The molecule has 1 aromatic carbocycles. The van der Waals surface area contributed by atoms with Crippen LogP contribution < -0.4 is 0 Å². The number of amides is 1.